The Morgan fingerprint density at radius 2 is 1.95 bits per heavy atom. The molecule has 1 aliphatic carbocycles. The van der Waals surface area contributed by atoms with Crippen molar-refractivity contribution < 1.29 is 19.8 Å². The SMILES string of the molecule is CC1C[C@H](C(=O)Nc2cccc(O)c2)[C@H](C(=O)O)C1. The van der Waals surface area contributed by atoms with Crippen molar-refractivity contribution in [2.24, 2.45) is 17.8 Å². The van der Waals surface area contributed by atoms with Crippen LogP contribution in [0, 0.1) is 17.8 Å². The zero-order valence-corrected chi connectivity index (χ0v) is 10.7. The van der Waals surface area contributed by atoms with Gasteiger partial charge in [0.05, 0.1) is 11.8 Å². The predicted molar refractivity (Wildman–Crippen MR) is 69.8 cm³/mol. The van der Waals surface area contributed by atoms with E-state index in [0.29, 0.717) is 18.5 Å². The molecule has 1 saturated carbocycles. The van der Waals surface area contributed by atoms with Crippen molar-refractivity contribution in [2.75, 3.05) is 5.32 Å². The second-order valence-corrected chi connectivity index (χ2v) is 5.17. The average molecular weight is 263 g/mol. The van der Waals surface area contributed by atoms with Gasteiger partial charge in [-0.15, -0.1) is 0 Å². The van der Waals surface area contributed by atoms with E-state index in [1.54, 1.807) is 12.1 Å². The molecule has 1 aromatic carbocycles. The predicted octanol–water partition coefficient (Wildman–Crippen LogP) is 2.08. The molecular formula is C14H17NO4. The molecule has 1 aliphatic rings. The second kappa shape index (κ2) is 5.30. The first-order valence-electron chi connectivity index (χ1n) is 6.30. The Labute approximate surface area is 111 Å². The molecule has 3 N–H and O–H groups in total. The number of carboxylic acids is 1. The van der Waals surface area contributed by atoms with Crippen LogP contribution in [-0.2, 0) is 9.59 Å². The molecule has 2 rings (SSSR count). The first-order chi connectivity index (χ1) is 8.97. The van der Waals surface area contributed by atoms with Gasteiger partial charge in [0.25, 0.3) is 0 Å². The lowest BCUT2D eigenvalue weighted by molar-refractivity contribution is -0.145. The number of amides is 1. The topological polar surface area (TPSA) is 86.6 Å². The number of aliphatic carboxylic acids is 1. The monoisotopic (exact) mass is 263 g/mol. The van der Waals surface area contributed by atoms with Crippen molar-refractivity contribution >= 4 is 17.6 Å². The van der Waals surface area contributed by atoms with E-state index in [9.17, 15) is 14.7 Å². The first-order valence-corrected chi connectivity index (χ1v) is 6.30. The van der Waals surface area contributed by atoms with Gasteiger partial charge in [-0.05, 0) is 30.9 Å². The molecule has 0 heterocycles. The lowest BCUT2D eigenvalue weighted by Gasteiger charge is -2.15. The van der Waals surface area contributed by atoms with Crippen molar-refractivity contribution in [3.05, 3.63) is 24.3 Å². The highest BCUT2D eigenvalue weighted by atomic mass is 16.4. The van der Waals surface area contributed by atoms with Crippen LogP contribution in [0.1, 0.15) is 19.8 Å². The maximum absolute atomic E-state index is 12.1. The van der Waals surface area contributed by atoms with E-state index in [4.69, 9.17) is 5.11 Å². The number of anilines is 1. The molecule has 102 valence electrons. The molecule has 0 spiro atoms. The van der Waals surface area contributed by atoms with E-state index in [0.717, 1.165) is 0 Å². The summed E-state index contributed by atoms with van der Waals surface area (Å²) in [7, 11) is 0. The lowest BCUT2D eigenvalue weighted by atomic mass is 9.95. The van der Waals surface area contributed by atoms with Crippen LogP contribution in [-0.4, -0.2) is 22.1 Å². The molecule has 0 radical (unpaired) electrons. The number of carboxylic acid groups (broad SMARTS) is 1. The third-order valence-electron chi connectivity index (χ3n) is 3.57. The van der Waals surface area contributed by atoms with E-state index >= 15 is 0 Å². The summed E-state index contributed by atoms with van der Waals surface area (Å²) in [5, 5.41) is 21.1. The Bertz CT molecular complexity index is 500. The van der Waals surface area contributed by atoms with Crippen LogP contribution in [0.2, 0.25) is 0 Å². The van der Waals surface area contributed by atoms with Gasteiger partial charge in [-0.25, -0.2) is 0 Å². The molecule has 1 aromatic rings. The van der Waals surface area contributed by atoms with E-state index in [1.165, 1.54) is 12.1 Å². The molecule has 1 unspecified atom stereocenters. The molecule has 19 heavy (non-hydrogen) atoms. The maximum Gasteiger partial charge on any atom is 0.307 e. The molecule has 0 saturated heterocycles. The number of nitrogens with one attached hydrogen (secondary N) is 1. The van der Waals surface area contributed by atoms with Gasteiger partial charge in [-0.1, -0.05) is 13.0 Å². The largest absolute Gasteiger partial charge is 0.508 e. The summed E-state index contributed by atoms with van der Waals surface area (Å²) in [6, 6.07) is 6.22. The number of aromatic hydroxyl groups is 1. The first kappa shape index (κ1) is 13.4. The lowest BCUT2D eigenvalue weighted by Crippen LogP contribution is -2.29. The van der Waals surface area contributed by atoms with E-state index in [-0.39, 0.29) is 17.6 Å². The smallest absolute Gasteiger partial charge is 0.307 e. The van der Waals surface area contributed by atoms with Gasteiger partial charge in [-0.3, -0.25) is 9.59 Å². The number of hydrogen-bond acceptors (Lipinski definition) is 3. The fourth-order valence-electron chi connectivity index (χ4n) is 2.67. The number of rotatable bonds is 3. The number of phenols is 1. The minimum Gasteiger partial charge on any atom is -0.508 e. The van der Waals surface area contributed by atoms with Gasteiger partial charge < -0.3 is 15.5 Å². The van der Waals surface area contributed by atoms with Gasteiger partial charge in [-0.2, -0.15) is 0 Å². The highest BCUT2D eigenvalue weighted by molar-refractivity contribution is 5.95. The van der Waals surface area contributed by atoms with Crippen LogP contribution in [0.25, 0.3) is 0 Å². The van der Waals surface area contributed by atoms with Crippen LogP contribution in [0.3, 0.4) is 0 Å². The van der Waals surface area contributed by atoms with Crippen molar-refractivity contribution in [1.82, 2.24) is 0 Å². The van der Waals surface area contributed by atoms with Crippen LogP contribution in [0.15, 0.2) is 24.3 Å². The summed E-state index contributed by atoms with van der Waals surface area (Å²) in [4.78, 5) is 23.3. The third kappa shape index (κ3) is 3.05. The zero-order chi connectivity index (χ0) is 14.0. The summed E-state index contributed by atoms with van der Waals surface area (Å²) in [5.41, 5.74) is 0.480. The molecule has 0 bridgehead atoms. The molecule has 0 aliphatic heterocycles. The molecule has 3 atom stereocenters. The van der Waals surface area contributed by atoms with Gasteiger partial charge in [0.15, 0.2) is 0 Å². The molecule has 1 amide bonds. The molecule has 5 heteroatoms. The maximum atomic E-state index is 12.1. The highest BCUT2D eigenvalue weighted by Gasteiger charge is 2.41. The van der Waals surface area contributed by atoms with Gasteiger partial charge in [0.2, 0.25) is 5.91 Å². The molecule has 1 fully saturated rings. The van der Waals surface area contributed by atoms with Crippen LogP contribution < -0.4 is 5.32 Å². The summed E-state index contributed by atoms with van der Waals surface area (Å²) in [6.45, 7) is 1.96. The Kier molecular flexibility index (Phi) is 3.74. The quantitative estimate of drug-likeness (QED) is 0.779. The Morgan fingerprint density at radius 1 is 1.26 bits per heavy atom. The third-order valence-corrected chi connectivity index (χ3v) is 3.57. The van der Waals surface area contributed by atoms with Crippen molar-refractivity contribution in [3.63, 3.8) is 0 Å². The second-order valence-electron chi connectivity index (χ2n) is 5.17. The fourth-order valence-corrected chi connectivity index (χ4v) is 2.67. The number of benzene rings is 1. The van der Waals surface area contributed by atoms with Crippen molar-refractivity contribution in [3.8, 4) is 5.75 Å². The minimum atomic E-state index is -0.916. The Hall–Kier alpha value is -2.04. The summed E-state index contributed by atoms with van der Waals surface area (Å²) in [5.74, 6) is -2.03. The van der Waals surface area contributed by atoms with E-state index in [1.807, 2.05) is 6.92 Å². The average Bonchev–Trinajstić information content (AvgIpc) is 2.71. The summed E-state index contributed by atoms with van der Waals surface area (Å²) in [6.07, 6.45) is 1.12. The minimum absolute atomic E-state index is 0.0624. The number of hydrogen-bond donors (Lipinski definition) is 3. The van der Waals surface area contributed by atoms with Crippen molar-refractivity contribution in [2.45, 2.75) is 19.8 Å². The Morgan fingerprint density at radius 3 is 2.58 bits per heavy atom. The highest BCUT2D eigenvalue weighted by Crippen LogP contribution is 2.37. The van der Waals surface area contributed by atoms with Gasteiger partial charge in [0, 0.05) is 11.8 Å². The summed E-state index contributed by atoms with van der Waals surface area (Å²) >= 11 is 0. The van der Waals surface area contributed by atoms with Crippen LogP contribution in [0.5, 0.6) is 5.75 Å². The Balaban J connectivity index is 2.09. The molecule has 5 nitrogen and oxygen atoms in total. The van der Waals surface area contributed by atoms with E-state index < -0.39 is 17.8 Å². The zero-order valence-electron chi connectivity index (χ0n) is 10.7. The number of carbonyl (C=O) groups is 2. The van der Waals surface area contributed by atoms with Crippen molar-refractivity contribution in [1.29, 1.82) is 0 Å². The van der Waals surface area contributed by atoms with Crippen LogP contribution >= 0.6 is 0 Å². The fraction of sp³-hybridized carbons (Fsp3) is 0.429. The summed E-state index contributed by atoms with van der Waals surface area (Å²) < 4.78 is 0. The van der Waals surface area contributed by atoms with Gasteiger partial charge >= 0.3 is 5.97 Å². The molecule has 0 aromatic heterocycles. The normalized spacial score (nSPS) is 26.1. The molecular weight excluding hydrogens is 246 g/mol. The standard InChI is InChI=1S/C14H17NO4/c1-8-5-11(12(6-8)14(18)19)13(17)15-9-3-2-4-10(16)7-9/h2-4,7-8,11-12,16H,5-6H2,1H3,(H,15,17)(H,18,19)/t8?,11-,12+/m0/s1. The van der Waals surface area contributed by atoms with E-state index in [2.05, 4.69) is 5.32 Å². The van der Waals surface area contributed by atoms with Gasteiger partial charge in [0.1, 0.15) is 5.75 Å². The number of phenolic OH excluding ortho intramolecular Hbond substituents is 1. The van der Waals surface area contributed by atoms with Crippen LogP contribution in [0.4, 0.5) is 5.69 Å². The number of carbonyl (C=O) groups excluding carboxylic acids is 1.